The van der Waals surface area contributed by atoms with Crippen molar-refractivity contribution < 1.29 is 0 Å². The lowest BCUT2D eigenvalue weighted by Gasteiger charge is -2.14. The van der Waals surface area contributed by atoms with Gasteiger partial charge in [-0.1, -0.05) is 6.07 Å². The van der Waals surface area contributed by atoms with E-state index in [1.807, 2.05) is 0 Å². The standard InChI is InChI=1S/C11H16N2S/c1-13(8-4-2-3-7-12)10-11-6-5-9-14-11/h5-6,9H,2-4,8,10H2,1H3. The molecule has 0 radical (unpaired) electrons. The molecular weight excluding hydrogens is 192 g/mol. The SMILES string of the molecule is CN(CCCCC#N)Cc1cccs1. The first-order valence-electron chi connectivity index (χ1n) is 4.91. The van der Waals surface area contributed by atoms with E-state index in [4.69, 9.17) is 5.26 Å². The maximum atomic E-state index is 8.38. The Morgan fingerprint density at radius 1 is 1.50 bits per heavy atom. The molecule has 2 nitrogen and oxygen atoms in total. The van der Waals surface area contributed by atoms with Crippen molar-refractivity contribution in [2.24, 2.45) is 0 Å². The summed E-state index contributed by atoms with van der Waals surface area (Å²) in [6.45, 7) is 2.11. The van der Waals surface area contributed by atoms with Crippen LogP contribution in [-0.2, 0) is 6.54 Å². The van der Waals surface area contributed by atoms with E-state index in [1.165, 1.54) is 4.88 Å². The number of unbranched alkanes of at least 4 members (excludes halogenated alkanes) is 2. The fraction of sp³-hybridized carbons (Fsp3) is 0.545. The third-order valence-electron chi connectivity index (χ3n) is 2.08. The van der Waals surface area contributed by atoms with E-state index < -0.39 is 0 Å². The molecular formula is C11H16N2S. The quantitative estimate of drug-likeness (QED) is 0.672. The minimum absolute atomic E-state index is 0.687. The minimum Gasteiger partial charge on any atom is -0.301 e. The van der Waals surface area contributed by atoms with E-state index in [0.717, 1.165) is 25.9 Å². The van der Waals surface area contributed by atoms with Gasteiger partial charge in [-0.15, -0.1) is 11.3 Å². The van der Waals surface area contributed by atoms with E-state index in [2.05, 4.69) is 35.5 Å². The summed E-state index contributed by atoms with van der Waals surface area (Å²) < 4.78 is 0. The normalized spacial score (nSPS) is 10.4. The zero-order valence-electron chi connectivity index (χ0n) is 8.57. The number of nitriles is 1. The van der Waals surface area contributed by atoms with Gasteiger partial charge in [-0.05, 0) is 37.9 Å². The van der Waals surface area contributed by atoms with Gasteiger partial charge in [0.2, 0.25) is 0 Å². The minimum atomic E-state index is 0.687. The summed E-state index contributed by atoms with van der Waals surface area (Å²) in [5, 5.41) is 10.5. The van der Waals surface area contributed by atoms with Crippen LogP contribution in [0.3, 0.4) is 0 Å². The fourth-order valence-electron chi connectivity index (χ4n) is 1.33. The molecule has 0 bridgehead atoms. The van der Waals surface area contributed by atoms with Crippen LogP contribution in [-0.4, -0.2) is 18.5 Å². The second kappa shape index (κ2) is 6.58. The van der Waals surface area contributed by atoms with Crippen LogP contribution in [0.2, 0.25) is 0 Å². The molecule has 0 aromatic carbocycles. The van der Waals surface area contributed by atoms with Gasteiger partial charge in [0.1, 0.15) is 0 Å². The van der Waals surface area contributed by atoms with Crippen LogP contribution in [0.15, 0.2) is 17.5 Å². The molecule has 14 heavy (non-hydrogen) atoms. The molecule has 0 unspecified atom stereocenters. The zero-order chi connectivity index (χ0) is 10.2. The Bertz CT molecular complexity index is 274. The number of hydrogen-bond acceptors (Lipinski definition) is 3. The van der Waals surface area contributed by atoms with Crippen LogP contribution in [0, 0.1) is 11.3 Å². The number of rotatable bonds is 6. The highest BCUT2D eigenvalue weighted by Crippen LogP contribution is 2.11. The first-order valence-corrected chi connectivity index (χ1v) is 5.79. The van der Waals surface area contributed by atoms with Gasteiger partial charge in [-0.3, -0.25) is 0 Å². The van der Waals surface area contributed by atoms with E-state index in [1.54, 1.807) is 11.3 Å². The van der Waals surface area contributed by atoms with E-state index in [-0.39, 0.29) is 0 Å². The van der Waals surface area contributed by atoms with Gasteiger partial charge in [0.15, 0.2) is 0 Å². The van der Waals surface area contributed by atoms with Crippen molar-refractivity contribution in [3.05, 3.63) is 22.4 Å². The Kier molecular flexibility index (Phi) is 5.28. The molecule has 0 spiro atoms. The van der Waals surface area contributed by atoms with Crippen LogP contribution in [0.1, 0.15) is 24.1 Å². The van der Waals surface area contributed by atoms with Crippen LogP contribution in [0.25, 0.3) is 0 Å². The van der Waals surface area contributed by atoms with Crippen LogP contribution < -0.4 is 0 Å². The summed E-state index contributed by atoms with van der Waals surface area (Å²) in [5.41, 5.74) is 0. The van der Waals surface area contributed by atoms with Crippen molar-refractivity contribution in [3.8, 4) is 6.07 Å². The monoisotopic (exact) mass is 208 g/mol. The maximum Gasteiger partial charge on any atom is 0.0621 e. The zero-order valence-corrected chi connectivity index (χ0v) is 9.39. The highest BCUT2D eigenvalue weighted by atomic mass is 32.1. The molecule has 0 aliphatic rings. The highest BCUT2D eigenvalue weighted by Gasteiger charge is 2.00. The maximum absolute atomic E-state index is 8.38. The molecule has 1 rings (SSSR count). The van der Waals surface area contributed by atoms with Gasteiger partial charge in [0, 0.05) is 17.8 Å². The lowest BCUT2D eigenvalue weighted by molar-refractivity contribution is 0.322. The fourth-order valence-corrected chi connectivity index (χ4v) is 2.12. The van der Waals surface area contributed by atoms with Gasteiger partial charge in [-0.2, -0.15) is 5.26 Å². The van der Waals surface area contributed by atoms with Crippen LogP contribution in [0.4, 0.5) is 0 Å². The molecule has 0 saturated carbocycles. The van der Waals surface area contributed by atoms with Crippen molar-refractivity contribution >= 4 is 11.3 Å². The number of thiophene rings is 1. The Morgan fingerprint density at radius 2 is 2.36 bits per heavy atom. The first-order chi connectivity index (χ1) is 6.83. The average Bonchev–Trinajstić information content (AvgIpc) is 2.65. The Labute approximate surface area is 89.8 Å². The predicted molar refractivity (Wildman–Crippen MR) is 60.1 cm³/mol. The molecule has 1 heterocycles. The van der Waals surface area contributed by atoms with Crippen molar-refractivity contribution in [2.45, 2.75) is 25.8 Å². The molecule has 0 aliphatic heterocycles. The van der Waals surface area contributed by atoms with Gasteiger partial charge < -0.3 is 4.90 Å². The third kappa shape index (κ3) is 4.40. The van der Waals surface area contributed by atoms with Crippen molar-refractivity contribution in [1.82, 2.24) is 4.90 Å². The van der Waals surface area contributed by atoms with E-state index >= 15 is 0 Å². The first kappa shape index (κ1) is 11.2. The van der Waals surface area contributed by atoms with Gasteiger partial charge in [0.25, 0.3) is 0 Å². The second-order valence-corrected chi connectivity index (χ2v) is 4.46. The predicted octanol–water partition coefficient (Wildman–Crippen LogP) is 2.87. The number of nitrogens with zero attached hydrogens (tertiary/aromatic N) is 2. The molecule has 0 atom stereocenters. The van der Waals surface area contributed by atoms with Gasteiger partial charge in [0.05, 0.1) is 6.07 Å². The lowest BCUT2D eigenvalue weighted by atomic mass is 10.2. The summed E-state index contributed by atoms with van der Waals surface area (Å²) in [6.07, 6.45) is 2.83. The van der Waals surface area contributed by atoms with Gasteiger partial charge in [-0.25, -0.2) is 0 Å². The molecule has 1 aromatic rings. The van der Waals surface area contributed by atoms with Crippen LogP contribution in [0.5, 0.6) is 0 Å². The van der Waals surface area contributed by atoms with E-state index in [9.17, 15) is 0 Å². The molecule has 1 aromatic heterocycles. The topological polar surface area (TPSA) is 27.0 Å². The Morgan fingerprint density at radius 3 is 3.00 bits per heavy atom. The average molecular weight is 208 g/mol. The summed E-state index contributed by atoms with van der Waals surface area (Å²) in [6, 6.07) is 6.42. The van der Waals surface area contributed by atoms with Crippen LogP contribution >= 0.6 is 11.3 Å². The summed E-state index contributed by atoms with van der Waals surface area (Å²) in [5.74, 6) is 0. The second-order valence-electron chi connectivity index (χ2n) is 3.43. The molecule has 0 aliphatic carbocycles. The third-order valence-corrected chi connectivity index (χ3v) is 2.95. The van der Waals surface area contributed by atoms with E-state index in [0.29, 0.717) is 6.42 Å². The smallest absolute Gasteiger partial charge is 0.0621 e. The Balaban J connectivity index is 2.11. The molecule has 0 amide bonds. The summed E-state index contributed by atoms with van der Waals surface area (Å²) in [7, 11) is 2.13. The molecule has 0 fully saturated rings. The summed E-state index contributed by atoms with van der Waals surface area (Å²) >= 11 is 1.80. The largest absolute Gasteiger partial charge is 0.301 e. The highest BCUT2D eigenvalue weighted by molar-refractivity contribution is 7.09. The Hall–Kier alpha value is -0.850. The molecule has 76 valence electrons. The molecule has 0 N–H and O–H groups in total. The molecule has 3 heteroatoms. The molecule has 0 saturated heterocycles. The number of hydrogen-bond donors (Lipinski definition) is 0. The van der Waals surface area contributed by atoms with Gasteiger partial charge >= 0.3 is 0 Å². The van der Waals surface area contributed by atoms with Crippen molar-refractivity contribution in [1.29, 1.82) is 5.26 Å². The summed E-state index contributed by atoms with van der Waals surface area (Å²) in [4.78, 5) is 3.72. The lowest BCUT2D eigenvalue weighted by Crippen LogP contribution is -2.18. The van der Waals surface area contributed by atoms with Crippen molar-refractivity contribution in [2.75, 3.05) is 13.6 Å². The van der Waals surface area contributed by atoms with Crippen molar-refractivity contribution in [3.63, 3.8) is 0 Å².